The number of nitrogens with one attached hydrogen (secondary N) is 2. The number of benzene rings is 1. The van der Waals surface area contributed by atoms with Crippen LogP contribution in [-0.2, 0) is 19.5 Å². The van der Waals surface area contributed by atoms with Crippen molar-refractivity contribution in [3.8, 4) is 11.1 Å². The number of hydrogen-bond acceptors (Lipinski definition) is 9. The smallest absolute Gasteiger partial charge is 0.383 e. The molecule has 2 heterocycles. The zero-order valence-corrected chi connectivity index (χ0v) is 27.8. The zero-order chi connectivity index (χ0) is 34.4. The lowest BCUT2D eigenvalue weighted by molar-refractivity contribution is -0.129. The fraction of sp³-hybridized carbons (Fsp3) is 0.581. The SMILES string of the molecule is COCCN(CCOC)C1CCC(Nc2ncc3cc(-c4ccc(NS(=O)(=O)CCC(F)(F)F)c(F)c4)c(=O)n(C(C)C)c3n2)CC1. The minimum atomic E-state index is -4.68. The molecule has 0 aliphatic heterocycles. The molecule has 1 aromatic carbocycles. The molecule has 260 valence electrons. The monoisotopic (exact) mass is 686 g/mol. The van der Waals surface area contributed by atoms with Crippen LogP contribution in [0.1, 0.15) is 52.0 Å². The van der Waals surface area contributed by atoms with Gasteiger partial charge in [0.05, 0.1) is 31.1 Å². The number of pyridine rings is 1. The lowest BCUT2D eigenvalue weighted by atomic mass is 9.90. The van der Waals surface area contributed by atoms with Crippen LogP contribution in [-0.4, -0.2) is 92.4 Å². The van der Waals surface area contributed by atoms with E-state index < -0.39 is 45.4 Å². The van der Waals surface area contributed by atoms with Gasteiger partial charge in [0.1, 0.15) is 11.5 Å². The maximum Gasteiger partial charge on any atom is 0.390 e. The first-order valence-corrected chi connectivity index (χ1v) is 17.1. The Morgan fingerprint density at radius 3 is 2.30 bits per heavy atom. The highest BCUT2D eigenvalue weighted by atomic mass is 32.2. The minimum Gasteiger partial charge on any atom is -0.383 e. The van der Waals surface area contributed by atoms with Crippen molar-refractivity contribution < 1.29 is 35.5 Å². The van der Waals surface area contributed by atoms with Gasteiger partial charge < -0.3 is 14.8 Å². The lowest BCUT2D eigenvalue weighted by Crippen LogP contribution is -2.43. The maximum atomic E-state index is 15.0. The molecule has 16 heteroatoms. The summed E-state index contributed by atoms with van der Waals surface area (Å²) >= 11 is 0. The summed E-state index contributed by atoms with van der Waals surface area (Å²) < 4.78 is 90.5. The highest BCUT2D eigenvalue weighted by Crippen LogP contribution is 2.29. The van der Waals surface area contributed by atoms with Gasteiger partial charge in [-0.25, -0.2) is 17.8 Å². The Bertz CT molecular complexity index is 1670. The number of alkyl halides is 3. The molecule has 1 aliphatic carbocycles. The second-order valence-electron chi connectivity index (χ2n) is 12.0. The van der Waals surface area contributed by atoms with Crippen LogP contribution in [0.4, 0.5) is 29.2 Å². The van der Waals surface area contributed by atoms with Gasteiger partial charge in [-0.1, -0.05) is 6.07 Å². The third-order valence-electron chi connectivity index (χ3n) is 8.20. The summed E-state index contributed by atoms with van der Waals surface area (Å²) in [6.07, 6.45) is -0.851. The van der Waals surface area contributed by atoms with E-state index in [0.29, 0.717) is 36.2 Å². The Balaban J connectivity index is 1.53. The first-order chi connectivity index (χ1) is 22.2. The molecule has 0 atom stereocenters. The number of halogens is 4. The Hall–Kier alpha value is -3.34. The minimum absolute atomic E-state index is 0.130. The summed E-state index contributed by atoms with van der Waals surface area (Å²) in [6, 6.07) is 5.17. The van der Waals surface area contributed by atoms with E-state index in [1.54, 1.807) is 26.5 Å². The molecule has 0 amide bonds. The van der Waals surface area contributed by atoms with Crippen LogP contribution >= 0.6 is 0 Å². The highest BCUT2D eigenvalue weighted by Gasteiger charge is 2.30. The quantitative estimate of drug-likeness (QED) is 0.208. The maximum absolute atomic E-state index is 15.0. The first kappa shape index (κ1) is 36.5. The molecular weight excluding hydrogens is 644 g/mol. The van der Waals surface area contributed by atoms with E-state index >= 15 is 0 Å². The number of rotatable bonds is 15. The van der Waals surface area contributed by atoms with E-state index in [1.165, 1.54) is 10.6 Å². The van der Waals surface area contributed by atoms with E-state index in [9.17, 15) is 30.8 Å². The van der Waals surface area contributed by atoms with Gasteiger partial charge in [0, 0.05) is 62.6 Å². The number of aromatic nitrogens is 3. The molecular formula is C31H42F4N6O5S. The van der Waals surface area contributed by atoms with Crippen LogP contribution in [0.3, 0.4) is 0 Å². The number of sulfonamides is 1. The first-order valence-electron chi connectivity index (χ1n) is 15.5. The topological polar surface area (TPSA) is 128 Å². The fourth-order valence-corrected chi connectivity index (χ4v) is 6.87. The molecule has 47 heavy (non-hydrogen) atoms. The van der Waals surface area contributed by atoms with Crippen LogP contribution in [0.2, 0.25) is 0 Å². The Kier molecular flexibility index (Phi) is 12.2. The molecule has 3 aromatic rings. The van der Waals surface area contributed by atoms with Crippen LogP contribution in [0.5, 0.6) is 0 Å². The predicted octanol–water partition coefficient (Wildman–Crippen LogP) is 5.19. The summed E-state index contributed by atoms with van der Waals surface area (Å²) in [5, 5.41) is 3.96. The van der Waals surface area contributed by atoms with E-state index in [4.69, 9.17) is 14.5 Å². The van der Waals surface area contributed by atoms with Crippen LogP contribution in [0.25, 0.3) is 22.2 Å². The van der Waals surface area contributed by atoms with Gasteiger partial charge >= 0.3 is 6.18 Å². The second-order valence-corrected chi connectivity index (χ2v) is 13.8. The summed E-state index contributed by atoms with van der Waals surface area (Å²) in [4.78, 5) is 25.3. The number of hydrogen-bond donors (Lipinski definition) is 2. The van der Waals surface area contributed by atoms with E-state index in [0.717, 1.165) is 50.9 Å². The van der Waals surface area contributed by atoms with Gasteiger partial charge in [-0.2, -0.15) is 18.2 Å². The molecule has 1 fully saturated rings. The van der Waals surface area contributed by atoms with Gasteiger partial charge in [-0.15, -0.1) is 0 Å². The number of methoxy groups -OCH3 is 2. The van der Waals surface area contributed by atoms with Crippen molar-refractivity contribution in [2.75, 3.05) is 56.3 Å². The van der Waals surface area contributed by atoms with Crippen LogP contribution in [0.15, 0.2) is 35.3 Å². The van der Waals surface area contributed by atoms with Gasteiger partial charge in [0.25, 0.3) is 5.56 Å². The molecule has 0 spiro atoms. The Morgan fingerprint density at radius 1 is 1.06 bits per heavy atom. The van der Waals surface area contributed by atoms with Gasteiger partial charge in [-0.3, -0.25) is 19.0 Å². The van der Waals surface area contributed by atoms with Crippen molar-refractivity contribution >= 4 is 32.7 Å². The number of ether oxygens (including phenoxy) is 2. The van der Waals surface area contributed by atoms with Gasteiger partial charge in [-0.05, 0) is 63.3 Å². The average Bonchev–Trinajstić information content (AvgIpc) is 3.01. The molecule has 2 N–H and O–H groups in total. The summed E-state index contributed by atoms with van der Waals surface area (Å²) in [7, 11) is -1.07. The van der Waals surface area contributed by atoms with E-state index in [2.05, 4.69) is 15.2 Å². The number of nitrogens with zero attached hydrogens (tertiary/aromatic N) is 4. The van der Waals surface area contributed by atoms with Crippen LogP contribution in [0, 0.1) is 5.82 Å². The Labute approximate surface area is 271 Å². The Morgan fingerprint density at radius 2 is 1.72 bits per heavy atom. The molecule has 11 nitrogen and oxygen atoms in total. The van der Waals surface area contributed by atoms with Crippen molar-refractivity contribution in [3.63, 3.8) is 0 Å². The van der Waals surface area contributed by atoms with Crippen molar-refractivity contribution in [2.45, 2.75) is 70.3 Å². The molecule has 4 rings (SSSR count). The van der Waals surface area contributed by atoms with Crippen molar-refractivity contribution in [2.24, 2.45) is 0 Å². The normalized spacial score (nSPS) is 17.5. The van der Waals surface area contributed by atoms with E-state index in [1.807, 2.05) is 18.6 Å². The third kappa shape index (κ3) is 9.84. The molecule has 1 aliphatic rings. The third-order valence-corrected chi connectivity index (χ3v) is 9.47. The highest BCUT2D eigenvalue weighted by molar-refractivity contribution is 7.92. The molecule has 0 unspecified atom stereocenters. The summed E-state index contributed by atoms with van der Waals surface area (Å²) in [6.45, 7) is 6.63. The zero-order valence-electron chi connectivity index (χ0n) is 26.9. The van der Waals surface area contributed by atoms with Crippen LogP contribution < -0.4 is 15.6 Å². The second kappa shape index (κ2) is 15.7. The lowest BCUT2D eigenvalue weighted by Gasteiger charge is -2.37. The van der Waals surface area contributed by atoms with Gasteiger partial charge in [0.15, 0.2) is 0 Å². The molecule has 0 radical (unpaired) electrons. The van der Waals surface area contributed by atoms with E-state index in [-0.39, 0.29) is 23.2 Å². The standard InChI is InChI=1S/C31H42F4N6O5S/c1-20(2)41-28-22(19-36-30(38-28)37-23-6-8-24(9-7-23)40(12-14-45-3)13-15-46-4)17-25(29(41)42)21-5-10-27(26(32)18-21)39-47(43,44)16-11-31(33,34)35/h5,10,17-20,23-24,39H,6-9,11-16H2,1-4H3,(H,36,37,38). The molecule has 0 bridgehead atoms. The molecule has 2 aromatic heterocycles. The predicted molar refractivity (Wildman–Crippen MR) is 173 cm³/mol. The van der Waals surface area contributed by atoms with Crippen molar-refractivity contribution in [1.82, 2.24) is 19.4 Å². The largest absolute Gasteiger partial charge is 0.390 e. The summed E-state index contributed by atoms with van der Waals surface area (Å²) in [5.74, 6) is -1.90. The van der Waals surface area contributed by atoms with Gasteiger partial charge in [0.2, 0.25) is 16.0 Å². The van der Waals surface area contributed by atoms with Crippen molar-refractivity contribution in [1.29, 1.82) is 0 Å². The van der Waals surface area contributed by atoms with Crippen molar-refractivity contribution in [3.05, 3.63) is 46.6 Å². The number of fused-ring (bicyclic) bond motifs is 1. The number of anilines is 2. The molecule has 1 saturated carbocycles. The fourth-order valence-electron chi connectivity index (χ4n) is 5.77. The average molecular weight is 687 g/mol. The molecule has 0 saturated heterocycles. The summed E-state index contributed by atoms with van der Waals surface area (Å²) in [5.41, 5.74) is -0.272.